The summed E-state index contributed by atoms with van der Waals surface area (Å²) in [4.78, 5) is 15.3. The van der Waals surface area contributed by atoms with E-state index in [1.165, 1.54) is 7.11 Å². The highest BCUT2D eigenvalue weighted by molar-refractivity contribution is 5.86. The van der Waals surface area contributed by atoms with Crippen LogP contribution in [0.3, 0.4) is 0 Å². The van der Waals surface area contributed by atoms with E-state index in [9.17, 15) is 4.79 Å². The van der Waals surface area contributed by atoms with Gasteiger partial charge in [0.2, 0.25) is 0 Å². The summed E-state index contributed by atoms with van der Waals surface area (Å²) in [5.74, 6) is 0.466. The molecule has 7 heteroatoms. The van der Waals surface area contributed by atoms with Crippen molar-refractivity contribution in [1.82, 2.24) is 24.5 Å². The third kappa shape index (κ3) is 2.49. The Morgan fingerprint density at radius 1 is 1.47 bits per heavy atom. The molecule has 2 aromatic rings. The molecule has 17 heavy (non-hydrogen) atoms. The molecule has 0 bridgehead atoms. The molecule has 0 unspecified atom stereocenters. The molecule has 0 amide bonds. The van der Waals surface area contributed by atoms with Crippen LogP contribution in [0.5, 0.6) is 0 Å². The maximum absolute atomic E-state index is 11.2. The van der Waals surface area contributed by atoms with Crippen molar-refractivity contribution in [2.45, 2.75) is 20.0 Å². The number of aromatic nitrogens is 5. The number of esters is 1. The maximum Gasteiger partial charge on any atom is 0.360 e. The molecule has 2 aromatic heterocycles. The molecule has 90 valence electrons. The summed E-state index contributed by atoms with van der Waals surface area (Å²) < 4.78 is 8.15. The predicted octanol–water partition coefficient (Wildman–Crippen LogP) is 0.270. The summed E-state index contributed by atoms with van der Waals surface area (Å²) >= 11 is 0. The van der Waals surface area contributed by atoms with Crippen LogP contribution in [0.25, 0.3) is 0 Å². The lowest BCUT2D eigenvalue weighted by Crippen LogP contribution is -2.08. The predicted molar refractivity (Wildman–Crippen MR) is 58.3 cm³/mol. The number of carbonyl (C=O) groups is 1. The van der Waals surface area contributed by atoms with Crippen molar-refractivity contribution < 1.29 is 9.53 Å². The number of carbonyl (C=O) groups excluding carboxylic acids is 1. The van der Waals surface area contributed by atoms with E-state index in [2.05, 4.69) is 20.0 Å². The Morgan fingerprint density at radius 2 is 2.29 bits per heavy atom. The van der Waals surface area contributed by atoms with Gasteiger partial charge in [-0.1, -0.05) is 5.21 Å². The molecule has 0 saturated heterocycles. The summed E-state index contributed by atoms with van der Waals surface area (Å²) in [6.45, 7) is 3.29. The zero-order valence-corrected chi connectivity index (χ0v) is 9.70. The van der Waals surface area contributed by atoms with Crippen molar-refractivity contribution in [3.63, 3.8) is 0 Å². The second-order valence-electron chi connectivity index (χ2n) is 3.53. The smallest absolute Gasteiger partial charge is 0.360 e. The van der Waals surface area contributed by atoms with Gasteiger partial charge in [0.15, 0.2) is 5.69 Å². The second-order valence-corrected chi connectivity index (χ2v) is 3.53. The summed E-state index contributed by atoms with van der Waals surface area (Å²) in [5.41, 5.74) is 0.217. The fourth-order valence-electron chi connectivity index (χ4n) is 1.46. The number of imidazole rings is 1. The van der Waals surface area contributed by atoms with Crippen molar-refractivity contribution >= 4 is 5.97 Å². The Kier molecular flexibility index (Phi) is 3.17. The Labute approximate surface area is 98.0 Å². The monoisotopic (exact) mass is 235 g/mol. The Bertz CT molecular complexity index is 516. The molecule has 2 heterocycles. The first-order chi connectivity index (χ1) is 8.20. The standard InChI is InChI=1S/C10H13N5O2/c1-8-11-3-4-14(8)5-6-15-7-9(12-13-15)10(16)17-2/h3-4,7H,5-6H2,1-2H3. The quantitative estimate of drug-likeness (QED) is 0.711. The van der Waals surface area contributed by atoms with Gasteiger partial charge in [-0.2, -0.15) is 0 Å². The Morgan fingerprint density at radius 3 is 2.94 bits per heavy atom. The van der Waals surface area contributed by atoms with Crippen LogP contribution >= 0.6 is 0 Å². The third-order valence-electron chi connectivity index (χ3n) is 2.43. The van der Waals surface area contributed by atoms with Crippen LogP contribution in [0.1, 0.15) is 16.3 Å². The van der Waals surface area contributed by atoms with E-state index in [1.807, 2.05) is 17.7 Å². The van der Waals surface area contributed by atoms with E-state index in [-0.39, 0.29) is 5.69 Å². The zero-order valence-electron chi connectivity index (χ0n) is 9.70. The van der Waals surface area contributed by atoms with Gasteiger partial charge in [-0.05, 0) is 6.92 Å². The van der Waals surface area contributed by atoms with Crippen molar-refractivity contribution in [2.24, 2.45) is 0 Å². The van der Waals surface area contributed by atoms with Crippen molar-refractivity contribution in [1.29, 1.82) is 0 Å². The Balaban J connectivity index is 1.98. The molecule has 0 fully saturated rings. The van der Waals surface area contributed by atoms with Gasteiger partial charge in [0.05, 0.1) is 19.9 Å². The van der Waals surface area contributed by atoms with Gasteiger partial charge in [0, 0.05) is 18.9 Å². The minimum absolute atomic E-state index is 0.217. The Hall–Kier alpha value is -2.18. The summed E-state index contributed by atoms with van der Waals surface area (Å²) in [6, 6.07) is 0. The lowest BCUT2D eigenvalue weighted by atomic mass is 10.5. The molecule has 2 rings (SSSR count). The number of nitrogens with zero attached hydrogens (tertiary/aromatic N) is 5. The third-order valence-corrected chi connectivity index (χ3v) is 2.43. The molecule has 0 atom stereocenters. The fourth-order valence-corrected chi connectivity index (χ4v) is 1.46. The van der Waals surface area contributed by atoms with E-state index in [4.69, 9.17) is 0 Å². The summed E-state index contributed by atoms with van der Waals surface area (Å²) in [5, 5.41) is 7.57. The van der Waals surface area contributed by atoms with Gasteiger partial charge in [-0.15, -0.1) is 5.10 Å². The summed E-state index contributed by atoms with van der Waals surface area (Å²) in [7, 11) is 1.32. The van der Waals surface area contributed by atoms with Crippen molar-refractivity contribution in [2.75, 3.05) is 7.11 Å². The second kappa shape index (κ2) is 4.77. The number of rotatable bonds is 4. The fraction of sp³-hybridized carbons (Fsp3) is 0.400. The van der Waals surface area contributed by atoms with E-state index < -0.39 is 5.97 Å². The van der Waals surface area contributed by atoms with Gasteiger partial charge >= 0.3 is 5.97 Å². The maximum atomic E-state index is 11.2. The van der Waals surface area contributed by atoms with Crippen LogP contribution in [-0.2, 0) is 17.8 Å². The normalized spacial score (nSPS) is 10.5. The van der Waals surface area contributed by atoms with E-state index in [0.29, 0.717) is 6.54 Å². The first-order valence-corrected chi connectivity index (χ1v) is 5.17. The van der Waals surface area contributed by atoms with E-state index in [1.54, 1.807) is 17.1 Å². The van der Waals surface area contributed by atoms with E-state index in [0.717, 1.165) is 12.4 Å². The van der Waals surface area contributed by atoms with Gasteiger partial charge in [0.1, 0.15) is 5.82 Å². The molecular formula is C10H13N5O2. The lowest BCUT2D eigenvalue weighted by Gasteiger charge is -2.03. The average Bonchev–Trinajstić information content (AvgIpc) is 2.94. The van der Waals surface area contributed by atoms with Crippen LogP contribution in [0.4, 0.5) is 0 Å². The minimum atomic E-state index is -0.477. The summed E-state index contributed by atoms with van der Waals surface area (Å²) in [6.07, 6.45) is 5.21. The molecular weight excluding hydrogens is 222 g/mol. The van der Waals surface area contributed by atoms with Crippen LogP contribution in [0.2, 0.25) is 0 Å². The van der Waals surface area contributed by atoms with Crippen molar-refractivity contribution in [3.8, 4) is 0 Å². The molecule has 0 saturated carbocycles. The van der Waals surface area contributed by atoms with Crippen molar-refractivity contribution in [3.05, 3.63) is 30.1 Å². The van der Waals surface area contributed by atoms with E-state index >= 15 is 0 Å². The van der Waals surface area contributed by atoms with Gasteiger partial charge in [0.25, 0.3) is 0 Å². The topological polar surface area (TPSA) is 74.8 Å². The molecule has 0 N–H and O–H groups in total. The highest BCUT2D eigenvalue weighted by Crippen LogP contribution is 1.99. The molecule has 0 aliphatic heterocycles. The highest BCUT2D eigenvalue weighted by Gasteiger charge is 2.10. The number of ether oxygens (including phenoxy) is 1. The molecule has 0 aliphatic carbocycles. The van der Waals surface area contributed by atoms with Crippen LogP contribution < -0.4 is 0 Å². The first kappa shape index (κ1) is 11.3. The number of hydrogen-bond donors (Lipinski definition) is 0. The molecule has 7 nitrogen and oxygen atoms in total. The lowest BCUT2D eigenvalue weighted by molar-refractivity contribution is 0.0594. The number of hydrogen-bond acceptors (Lipinski definition) is 5. The minimum Gasteiger partial charge on any atom is -0.464 e. The number of aryl methyl sites for hydroxylation is 3. The average molecular weight is 235 g/mol. The largest absolute Gasteiger partial charge is 0.464 e. The number of methoxy groups -OCH3 is 1. The van der Waals surface area contributed by atoms with Gasteiger partial charge in [-0.25, -0.2) is 14.5 Å². The van der Waals surface area contributed by atoms with Crippen LogP contribution in [0.15, 0.2) is 18.6 Å². The molecule has 0 radical (unpaired) electrons. The van der Waals surface area contributed by atoms with Gasteiger partial charge in [-0.3, -0.25) is 0 Å². The zero-order chi connectivity index (χ0) is 12.3. The molecule has 0 aromatic carbocycles. The molecule has 0 aliphatic rings. The molecule has 0 spiro atoms. The van der Waals surface area contributed by atoms with Crippen LogP contribution in [-0.4, -0.2) is 37.6 Å². The SMILES string of the molecule is COC(=O)c1cn(CCn2ccnc2C)nn1. The van der Waals surface area contributed by atoms with Gasteiger partial charge < -0.3 is 9.30 Å². The first-order valence-electron chi connectivity index (χ1n) is 5.17. The highest BCUT2D eigenvalue weighted by atomic mass is 16.5. The van der Waals surface area contributed by atoms with Crippen LogP contribution in [0, 0.1) is 6.92 Å².